The quantitative estimate of drug-likeness (QED) is 0.337. The summed E-state index contributed by atoms with van der Waals surface area (Å²) in [5.41, 5.74) is 3.55. The molecule has 136 valence electrons. The molecule has 0 atom stereocenters. The molecule has 1 aromatic carbocycles. The fraction of sp³-hybridized carbons (Fsp3) is 0.105. The Kier molecular flexibility index (Phi) is 4.64. The molecule has 0 spiro atoms. The molecule has 0 aliphatic rings. The van der Waals surface area contributed by atoms with Crippen molar-refractivity contribution in [3.63, 3.8) is 0 Å². The van der Waals surface area contributed by atoms with Crippen LogP contribution in [0, 0.1) is 0 Å². The fourth-order valence-electron chi connectivity index (χ4n) is 2.85. The summed E-state index contributed by atoms with van der Waals surface area (Å²) in [6, 6.07) is 15.7. The van der Waals surface area contributed by atoms with E-state index in [0.29, 0.717) is 12.4 Å². The molecule has 0 unspecified atom stereocenters. The van der Waals surface area contributed by atoms with E-state index in [2.05, 4.69) is 31.7 Å². The van der Waals surface area contributed by atoms with E-state index in [4.69, 9.17) is 4.98 Å². The average molecular weight is 426 g/mol. The normalized spacial score (nSPS) is 10.9. The second-order valence-electron chi connectivity index (χ2n) is 5.99. The number of benzene rings is 1. The van der Waals surface area contributed by atoms with Crippen molar-refractivity contribution < 1.29 is 9.94 Å². The molecule has 3 heterocycles. The largest absolute Gasteiger partial charge is 0.366 e. The van der Waals surface area contributed by atoms with E-state index >= 15 is 0 Å². The van der Waals surface area contributed by atoms with Gasteiger partial charge in [-0.2, -0.15) is 9.61 Å². The summed E-state index contributed by atoms with van der Waals surface area (Å²) in [7, 11) is 1.76. The minimum absolute atomic E-state index is 0.523. The summed E-state index contributed by atoms with van der Waals surface area (Å²) < 4.78 is 3.65. The van der Waals surface area contributed by atoms with E-state index in [1.165, 1.54) is 0 Å². The van der Waals surface area contributed by atoms with E-state index in [-0.39, 0.29) is 0 Å². The Bertz CT molecular complexity index is 1100. The summed E-state index contributed by atoms with van der Waals surface area (Å²) in [5, 5.41) is 20.6. The van der Waals surface area contributed by atoms with Gasteiger partial charge in [-0.15, -0.1) is 0 Å². The standard InChI is InChI=1S/C19H17BrN6O/c1-21-17-8-7-13(12-25(17)27)10-22-18-9-16(14-5-3-2-4-6-14)24-19-15(20)11-23-26(18)19/h2-9,11-12,27H,10H2,1H3,(H,22,23,24)/p+1. The number of hydrogen-bond donors (Lipinski definition) is 3. The maximum atomic E-state index is 9.95. The number of nitrogens with one attached hydrogen (secondary N) is 2. The molecule has 0 bridgehead atoms. The predicted molar refractivity (Wildman–Crippen MR) is 107 cm³/mol. The second kappa shape index (κ2) is 7.24. The SMILES string of the molecule is CNc1ccc(CNc2cc(-c3ccccc3)nc3c(Br)cnn23)c[n+]1O. The van der Waals surface area contributed by atoms with Gasteiger partial charge in [0.1, 0.15) is 12.0 Å². The highest BCUT2D eigenvalue weighted by Gasteiger charge is 2.12. The molecule has 3 N–H and O–H groups in total. The summed E-state index contributed by atoms with van der Waals surface area (Å²) in [4.78, 5) is 4.72. The second-order valence-corrected chi connectivity index (χ2v) is 6.85. The molecule has 4 aromatic rings. The molecular weight excluding hydrogens is 408 g/mol. The molecule has 0 saturated carbocycles. The molecule has 0 aliphatic carbocycles. The van der Waals surface area contributed by atoms with Crippen LogP contribution in [0.4, 0.5) is 11.6 Å². The number of aromatic nitrogens is 4. The molecule has 7 nitrogen and oxygen atoms in total. The Balaban J connectivity index is 1.69. The monoisotopic (exact) mass is 425 g/mol. The third-order valence-corrected chi connectivity index (χ3v) is 4.78. The highest BCUT2D eigenvalue weighted by molar-refractivity contribution is 9.10. The van der Waals surface area contributed by atoms with Gasteiger partial charge in [-0.05, 0) is 22.0 Å². The Hall–Kier alpha value is -3.13. The number of pyridine rings is 1. The first-order valence-corrected chi connectivity index (χ1v) is 9.20. The molecule has 4 rings (SSSR count). The lowest BCUT2D eigenvalue weighted by molar-refractivity contribution is -0.893. The van der Waals surface area contributed by atoms with Crippen molar-refractivity contribution in [3.8, 4) is 11.3 Å². The number of fused-ring (bicyclic) bond motifs is 1. The Morgan fingerprint density at radius 1 is 1.19 bits per heavy atom. The number of anilines is 2. The van der Waals surface area contributed by atoms with Crippen LogP contribution in [0.25, 0.3) is 16.9 Å². The van der Waals surface area contributed by atoms with Gasteiger partial charge in [0.25, 0.3) is 0 Å². The number of nitrogens with zero attached hydrogens (tertiary/aromatic N) is 4. The van der Waals surface area contributed by atoms with Crippen LogP contribution >= 0.6 is 15.9 Å². The first kappa shape index (κ1) is 17.3. The van der Waals surface area contributed by atoms with Crippen molar-refractivity contribution in [1.82, 2.24) is 14.6 Å². The zero-order valence-corrected chi connectivity index (χ0v) is 16.2. The summed E-state index contributed by atoms with van der Waals surface area (Å²) in [5.74, 6) is 1.43. The van der Waals surface area contributed by atoms with Crippen molar-refractivity contribution in [1.29, 1.82) is 0 Å². The Morgan fingerprint density at radius 3 is 2.74 bits per heavy atom. The molecule has 27 heavy (non-hydrogen) atoms. The maximum Gasteiger partial charge on any atom is 0.313 e. The van der Waals surface area contributed by atoms with Crippen molar-refractivity contribution in [2.24, 2.45) is 0 Å². The van der Waals surface area contributed by atoms with Gasteiger partial charge in [-0.25, -0.2) is 4.98 Å². The van der Waals surface area contributed by atoms with Gasteiger partial charge in [0.15, 0.2) is 5.65 Å². The Morgan fingerprint density at radius 2 is 2.00 bits per heavy atom. The molecule has 0 radical (unpaired) electrons. The van der Waals surface area contributed by atoms with Crippen molar-refractivity contribution in [3.05, 3.63) is 71.0 Å². The fourth-order valence-corrected chi connectivity index (χ4v) is 3.19. The van der Waals surface area contributed by atoms with E-state index in [0.717, 1.165) is 37.5 Å². The number of hydrogen-bond acceptors (Lipinski definition) is 5. The van der Waals surface area contributed by atoms with Gasteiger partial charge in [-0.1, -0.05) is 35.1 Å². The number of halogens is 1. The van der Waals surface area contributed by atoms with Gasteiger partial charge >= 0.3 is 5.82 Å². The van der Waals surface area contributed by atoms with Crippen LogP contribution in [0.3, 0.4) is 0 Å². The molecule has 0 amide bonds. The zero-order chi connectivity index (χ0) is 18.8. The van der Waals surface area contributed by atoms with Crippen LogP contribution in [0.1, 0.15) is 5.56 Å². The lowest BCUT2D eigenvalue weighted by Crippen LogP contribution is -2.33. The Labute approximate surface area is 164 Å². The zero-order valence-electron chi connectivity index (χ0n) is 14.6. The van der Waals surface area contributed by atoms with Crippen LogP contribution in [-0.4, -0.2) is 26.9 Å². The van der Waals surface area contributed by atoms with Crippen molar-refractivity contribution in [2.75, 3.05) is 17.7 Å². The first-order valence-electron chi connectivity index (χ1n) is 8.41. The van der Waals surface area contributed by atoms with Crippen LogP contribution in [0.5, 0.6) is 0 Å². The lowest BCUT2D eigenvalue weighted by Gasteiger charge is -2.11. The van der Waals surface area contributed by atoms with Gasteiger partial charge in [0.05, 0.1) is 23.4 Å². The predicted octanol–water partition coefficient (Wildman–Crippen LogP) is 3.34. The highest BCUT2D eigenvalue weighted by Crippen LogP contribution is 2.26. The van der Waals surface area contributed by atoms with Gasteiger partial charge < -0.3 is 10.5 Å². The van der Waals surface area contributed by atoms with Gasteiger partial charge in [0, 0.05) is 29.8 Å². The minimum atomic E-state index is 0.523. The third-order valence-electron chi connectivity index (χ3n) is 4.22. The van der Waals surface area contributed by atoms with Crippen molar-refractivity contribution in [2.45, 2.75) is 6.54 Å². The van der Waals surface area contributed by atoms with Crippen LogP contribution in [-0.2, 0) is 6.54 Å². The molecular formula is C19H18BrN6O+. The average Bonchev–Trinajstić information content (AvgIpc) is 3.08. The summed E-state index contributed by atoms with van der Waals surface area (Å²) in [6.07, 6.45) is 3.39. The molecule has 0 saturated heterocycles. The number of rotatable bonds is 5. The van der Waals surface area contributed by atoms with E-state index in [1.807, 2.05) is 48.5 Å². The first-order chi connectivity index (χ1) is 13.2. The van der Waals surface area contributed by atoms with Crippen LogP contribution < -0.4 is 15.4 Å². The van der Waals surface area contributed by atoms with Gasteiger partial charge in [0.2, 0.25) is 0 Å². The minimum Gasteiger partial charge on any atom is -0.366 e. The van der Waals surface area contributed by atoms with Crippen LogP contribution in [0.15, 0.2) is 65.4 Å². The van der Waals surface area contributed by atoms with Gasteiger partial charge in [-0.3, -0.25) is 5.32 Å². The third kappa shape index (κ3) is 3.43. The van der Waals surface area contributed by atoms with E-state index in [9.17, 15) is 5.21 Å². The lowest BCUT2D eigenvalue weighted by atomic mass is 10.1. The van der Waals surface area contributed by atoms with Crippen molar-refractivity contribution >= 4 is 33.2 Å². The van der Waals surface area contributed by atoms with E-state index in [1.54, 1.807) is 24.0 Å². The smallest absolute Gasteiger partial charge is 0.313 e. The highest BCUT2D eigenvalue weighted by atomic mass is 79.9. The van der Waals surface area contributed by atoms with Crippen LogP contribution in [0.2, 0.25) is 0 Å². The molecule has 8 heteroatoms. The molecule has 0 fully saturated rings. The molecule has 0 aliphatic heterocycles. The summed E-state index contributed by atoms with van der Waals surface area (Å²) in [6.45, 7) is 0.523. The topological polar surface area (TPSA) is 78.4 Å². The molecule has 3 aromatic heterocycles. The van der Waals surface area contributed by atoms with E-state index < -0.39 is 0 Å². The maximum absolute atomic E-state index is 9.95. The summed E-state index contributed by atoms with van der Waals surface area (Å²) >= 11 is 3.51.